The topological polar surface area (TPSA) is 30.5 Å². The van der Waals surface area contributed by atoms with Crippen molar-refractivity contribution in [3.63, 3.8) is 0 Å². The molecule has 0 amide bonds. The fourth-order valence-electron chi connectivity index (χ4n) is 1.94. The molecule has 0 fully saturated rings. The Hall–Kier alpha value is -1.48. The molecule has 16 heavy (non-hydrogen) atoms. The van der Waals surface area contributed by atoms with E-state index >= 15 is 0 Å². The summed E-state index contributed by atoms with van der Waals surface area (Å²) >= 11 is 0. The van der Waals surface area contributed by atoms with Crippen LogP contribution in [0.2, 0.25) is 0 Å². The van der Waals surface area contributed by atoms with Crippen LogP contribution in [0.4, 0.5) is 0 Å². The monoisotopic (exact) mass is 219 g/mol. The van der Waals surface area contributed by atoms with Gasteiger partial charge in [-0.2, -0.15) is 0 Å². The van der Waals surface area contributed by atoms with Crippen LogP contribution < -0.4 is 14.8 Å². The van der Waals surface area contributed by atoms with E-state index in [-0.39, 0.29) is 6.04 Å². The first kappa shape index (κ1) is 11.0. The molecule has 0 radical (unpaired) electrons. The maximum absolute atomic E-state index is 5.68. The van der Waals surface area contributed by atoms with Crippen molar-refractivity contribution in [2.45, 2.75) is 12.5 Å². The molecule has 1 N–H and O–H groups in total. The molecule has 1 aromatic carbocycles. The zero-order valence-electron chi connectivity index (χ0n) is 9.53. The Balaban J connectivity index is 2.35. The largest absolute Gasteiger partial charge is 0.486 e. The number of hydrogen-bond donors (Lipinski definition) is 1. The average Bonchev–Trinajstić information content (AvgIpc) is 2.35. The number of hydrogen-bond acceptors (Lipinski definition) is 3. The molecule has 2 rings (SSSR count). The predicted molar refractivity (Wildman–Crippen MR) is 64.0 cm³/mol. The summed E-state index contributed by atoms with van der Waals surface area (Å²) in [7, 11) is 1.94. The fraction of sp³-hybridized carbons (Fsp3) is 0.385. The summed E-state index contributed by atoms with van der Waals surface area (Å²) in [5.41, 5.74) is 1.14. The van der Waals surface area contributed by atoms with E-state index in [2.05, 4.69) is 18.0 Å². The Morgan fingerprint density at radius 1 is 1.44 bits per heavy atom. The molecule has 0 spiro atoms. The maximum Gasteiger partial charge on any atom is 0.166 e. The molecule has 3 heteroatoms. The normalized spacial score (nSPS) is 15.6. The molecule has 86 valence electrons. The Morgan fingerprint density at radius 2 is 2.25 bits per heavy atom. The minimum atomic E-state index is 0.231. The van der Waals surface area contributed by atoms with E-state index in [0.29, 0.717) is 13.2 Å². The number of para-hydroxylation sites is 1. The average molecular weight is 219 g/mol. The van der Waals surface area contributed by atoms with Gasteiger partial charge in [-0.1, -0.05) is 18.2 Å². The highest BCUT2D eigenvalue weighted by atomic mass is 16.6. The molecule has 0 aliphatic carbocycles. The van der Waals surface area contributed by atoms with Gasteiger partial charge in [-0.15, -0.1) is 6.58 Å². The summed E-state index contributed by atoms with van der Waals surface area (Å²) < 4.78 is 11.2. The van der Waals surface area contributed by atoms with Crippen molar-refractivity contribution in [2.24, 2.45) is 0 Å². The van der Waals surface area contributed by atoms with Crippen molar-refractivity contribution >= 4 is 0 Å². The third kappa shape index (κ3) is 2.04. The van der Waals surface area contributed by atoms with Crippen LogP contribution in [0.5, 0.6) is 11.5 Å². The highest BCUT2D eigenvalue weighted by Crippen LogP contribution is 2.37. The lowest BCUT2D eigenvalue weighted by Crippen LogP contribution is -2.21. The Morgan fingerprint density at radius 3 is 3.00 bits per heavy atom. The van der Waals surface area contributed by atoms with Crippen LogP contribution in [0.25, 0.3) is 0 Å². The van der Waals surface area contributed by atoms with Gasteiger partial charge >= 0.3 is 0 Å². The van der Waals surface area contributed by atoms with Crippen LogP contribution in [0, 0.1) is 0 Å². The minimum Gasteiger partial charge on any atom is -0.486 e. The standard InChI is InChI=1S/C13H17NO2/c1-3-5-11(14-2)10-6-4-7-12-13(10)16-9-8-15-12/h3-4,6-7,11,14H,1,5,8-9H2,2H3. The van der Waals surface area contributed by atoms with E-state index in [4.69, 9.17) is 9.47 Å². The van der Waals surface area contributed by atoms with Crippen molar-refractivity contribution in [3.05, 3.63) is 36.4 Å². The van der Waals surface area contributed by atoms with E-state index in [1.807, 2.05) is 25.3 Å². The Kier molecular flexibility index (Phi) is 3.47. The molecular weight excluding hydrogens is 202 g/mol. The summed E-state index contributed by atoms with van der Waals surface area (Å²) in [6, 6.07) is 6.24. The van der Waals surface area contributed by atoms with Crippen LogP contribution in [0.3, 0.4) is 0 Å². The van der Waals surface area contributed by atoms with Gasteiger partial charge in [0, 0.05) is 11.6 Å². The van der Waals surface area contributed by atoms with E-state index in [9.17, 15) is 0 Å². The van der Waals surface area contributed by atoms with Crippen LogP contribution >= 0.6 is 0 Å². The quantitative estimate of drug-likeness (QED) is 0.788. The first-order valence-corrected chi connectivity index (χ1v) is 5.53. The number of benzene rings is 1. The molecule has 0 aromatic heterocycles. The molecule has 0 saturated heterocycles. The second-order valence-corrected chi connectivity index (χ2v) is 3.74. The summed E-state index contributed by atoms with van der Waals surface area (Å²) in [5, 5.41) is 3.26. The zero-order valence-corrected chi connectivity index (χ0v) is 9.53. The lowest BCUT2D eigenvalue weighted by Gasteiger charge is -2.24. The molecule has 1 atom stereocenters. The third-order valence-electron chi connectivity index (χ3n) is 2.72. The van der Waals surface area contributed by atoms with Crippen LogP contribution in [-0.2, 0) is 0 Å². The van der Waals surface area contributed by atoms with Crippen LogP contribution in [0.1, 0.15) is 18.0 Å². The van der Waals surface area contributed by atoms with E-state index < -0.39 is 0 Å². The van der Waals surface area contributed by atoms with Gasteiger partial charge < -0.3 is 14.8 Å². The molecule has 3 nitrogen and oxygen atoms in total. The molecule has 1 aliphatic rings. The second-order valence-electron chi connectivity index (χ2n) is 3.74. The molecule has 1 unspecified atom stereocenters. The number of fused-ring (bicyclic) bond motifs is 1. The SMILES string of the molecule is C=CCC(NC)c1cccc2c1OCCO2. The first-order chi connectivity index (χ1) is 7.86. The zero-order chi connectivity index (χ0) is 11.4. The van der Waals surface area contributed by atoms with Gasteiger partial charge in [0.2, 0.25) is 0 Å². The predicted octanol–water partition coefficient (Wildman–Crippen LogP) is 2.29. The molecule has 0 bridgehead atoms. The van der Waals surface area contributed by atoms with Gasteiger partial charge in [0.15, 0.2) is 11.5 Å². The molecule has 1 aromatic rings. The fourth-order valence-corrected chi connectivity index (χ4v) is 1.94. The van der Waals surface area contributed by atoms with Gasteiger partial charge in [-0.05, 0) is 19.5 Å². The summed E-state index contributed by atoms with van der Waals surface area (Å²) in [4.78, 5) is 0. The van der Waals surface area contributed by atoms with Crippen molar-refractivity contribution < 1.29 is 9.47 Å². The lowest BCUT2D eigenvalue weighted by atomic mass is 10.0. The molecular formula is C13H17NO2. The summed E-state index contributed by atoms with van der Waals surface area (Å²) in [6.07, 6.45) is 2.78. The van der Waals surface area contributed by atoms with Crippen molar-refractivity contribution in [2.75, 3.05) is 20.3 Å². The van der Waals surface area contributed by atoms with Crippen molar-refractivity contribution in [1.29, 1.82) is 0 Å². The summed E-state index contributed by atoms with van der Waals surface area (Å²) in [5.74, 6) is 1.71. The smallest absolute Gasteiger partial charge is 0.166 e. The molecule has 0 saturated carbocycles. The summed E-state index contributed by atoms with van der Waals surface area (Å²) in [6.45, 7) is 5.02. The van der Waals surface area contributed by atoms with Crippen molar-refractivity contribution in [3.8, 4) is 11.5 Å². The maximum atomic E-state index is 5.68. The number of nitrogens with one attached hydrogen (secondary N) is 1. The third-order valence-corrected chi connectivity index (χ3v) is 2.72. The number of ether oxygens (including phenoxy) is 2. The highest BCUT2D eigenvalue weighted by molar-refractivity contribution is 5.49. The van der Waals surface area contributed by atoms with Gasteiger partial charge in [-0.25, -0.2) is 0 Å². The van der Waals surface area contributed by atoms with E-state index in [1.165, 1.54) is 0 Å². The molecule has 1 heterocycles. The van der Waals surface area contributed by atoms with Gasteiger partial charge in [0.05, 0.1) is 0 Å². The second kappa shape index (κ2) is 5.03. The lowest BCUT2D eigenvalue weighted by molar-refractivity contribution is 0.168. The Labute approximate surface area is 96.1 Å². The van der Waals surface area contributed by atoms with E-state index in [1.54, 1.807) is 0 Å². The van der Waals surface area contributed by atoms with Gasteiger partial charge in [0.25, 0.3) is 0 Å². The van der Waals surface area contributed by atoms with Gasteiger partial charge in [-0.3, -0.25) is 0 Å². The minimum absolute atomic E-state index is 0.231. The van der Waals surface area contributed by atoms with Crippen LogP contribution in [-0.4, -0.2) is 20.3 Å². The van der Waals surface area contributed by atoms with Gasteiger partial charge in [0.1, 0.15) is 13.2 Å². The first-order valence-electron chi connectivity index (χ1n) is 5.53. The van der Waals surface area contributed by atoms with Crippen LogP contribution in [0.15, 0.2) is 30.9 Å². The highest BCUT2D eigenvalue weighted by Gasteiger charge is 2.19. The van der Waals surface area contributed by atoms with E-state index in [0.717, 1.165) is 23.5 Å². The molecule has 1 aliphatic heterocycles. The van der Waals surface area contributed by atoms with Crippen molar-refractivity contribution in [1.82, 2.24) is 5.32 Å². The number of rotatable bonds is 4. The Bertz CT molecular complexity index is 376.